The van der Waals surface area contributed by atoms with Crippen molar-refractivity contribution in [2.24, 2.45) is 11.8 Å². The van der Waals surface area contributed by atoms with Gasteiger partial charge in [-0.2, -0.15) is 10.2 Å². The molecular weight excluding hydrogens is 986 g/mol. The molecule has 0 aliphatic carbocycles. The molecule has 2 fully saturated rings. The molecular formula is C55H60ClF4N13O2. The number of anilines is 1. The summed E-state index contributed by atoms with van der Waals surface area (Å²) in [5.41, 5.74) is 9.68. The third kappa shape index (κ3) is 12.2. The van der Waals surface area contributed by atoms with Crippen LogP contribution in [0.3, 0.4) is 0 Å². The highest BCUT2D eigenvalue weighted by Gasteiger charge is 2.24. The zero-order chi connectivity index (χ0) is 52.0. The summed E-state index contributed by atoms with van der Waals surface area (Å²) in [5, 5.41) is 9.98. The van der Waals surface area contributed by atoms with Crippen LogP contribution in [0.15, 0.2) is 73.3 Å². The zero-order valence-electron chi connectivity index (χ0n) is 42.2. The first-order chi connectivity index (χ1) is 36.5. The lowest BCUT2D eigenvalue weighted by Crippen LogP contribution is -2.35. The molecule has 2 N–H and O–H groups in total. The number of hydrogen-bond donors (Lipinski definition) is 1. The molecule has 2 aromatic carbocycles. The number of fused-ring (bicyclic) bond motifs is 6. The lowest BCUT2D eigenvalue weighted by atomic mass is 9.98. The minimum absolute atomic E-state index is 0.00579. The van der Waals surface area contributed by atoms with Crippen molar-refractivity contribution in [1.29, 1.82) is 0 Å². The number of likely N-dealkylation sites (tertiary alicyclic amines) is 2. The largest absolute Gasteiger partial charge is 0.492 e. The maximum Gasteiger partial charge on any atom is 0.223 e. The van der Waals surface area contributed by atoms with Crippen molar-refractivity contribution >= 4 is 39.2 Å². The Balaban J connectivity index is 0.000000142. The Labute approximate surface area is 437 Å². The van der Waals surface area contributed by atoms with E-state index in [1.807, 2.05) is 22.9 Å². The molecule has 0 spiro atoms. The minimum atomic E-state index is -0.637. The number of aryl methyl sites for hydroxylation is 4. The van der Waals surface area contributed by atoms with E-state index >= 15 is 0 Å². The van der Waals surface area contributed by atoms with E-state index in [1.54, 1.807) is 35.3 Å². The molecule has 4 aliphatic rings. The van der Waals surface area contributed by atoms with E-state index in [2.05, 4.69) is 63.7 Å². The van der Waals surface area contributed by atoms with Crippen molar-refractivity contribution in [3.05, 3.63) is 125 Å². The van der Waals surface area contributed by atoms with Gasteiger partial charge >= 0.3 is 0 Å². The van der Waals surface area contributed by atoms with Crippen LogP contribution >= 0.6 is 11.6 Å². The average Bonchev–Trinajstić information content (AvgIpc) is 4.25. The molecule has 0 unspecified atom stereocenters. The van der Waals surface area contributed by atoms with E-state index in [1.165, 1.54) is 38.1 Å². The van der Waals surface area contributed by atoms with Gasteiger partial charge in [0.15, 0.2) is 23.3 Å². The molecule has 2 saturated heterocycles. The van der Waals surface area contributed by atoms with E-state index in [9.17, 15) is 17.6 Å². The molecule has 0 amide bonds. The Morgan fingerprint density at radius 2 is 1.09 bits per heavy atom. The fourth-order valence-electron chi connectivity index (χ4n) is 10.3. The Morgan fingerprint density at radius 3 is 1.59 bits per heavy atom. The molecule has 0 saturated carbocycles. The van der Waals surface area contributed by atoms with Gasteiger partial charge in [-0.1, -0.05) is 13.8 Å². The minimum Gasteiger partial charge on any atom is -0.492 e. The number of aromatic nitrogens is 10. The molecule has 12 rings (SSSR count). The van der Waals surface area contributed by atoms with Gasteiger partial charge in [0.25, 0.3) is 0 Å². The zero-order valence-corrected chi connectivity index (χ0v) is 42.9. The summed E-state index contributed by atoms with van der Waals surface area (Å²) >= 11 is 5.70. The quantitative estimate of drug-likeness (QED) is 0.0909. The molecule has 0 radical (unpaired) electrons. The molecule has 10 heterocycles. The first-order valence-electron chi connectivity index (χ1n) is 25.9. The molecule has 392 valence electrons. The number of rotatable bonds is 12. The van der Waals surface area contributed by atoms with Gasteiger partial charge in [-0.15, -0.1) is 0 Å². The molecule has 15 nitrogen and oxygen atoms in total. The molecule has 6 aromatic heterocycles. The molecule has 0 atom stereocenters. The summed E-state index contributed by atoms with van der Waals surface area (Å²) in [6, 6.07) is 13.5. The van der Waals surface area contributed by atoms with Crippen LogP contribution in [0, 0.1) is 35.1 Å². The highest BCUT2D eigenvalue weighted by Crippen LogP contribution is 2.34. The Bertz CT molecular complexity index is 3250. The fourth-order valence-corrected chi connectivity index (χ4v) is 10.4. The maximum absolute atomic E-state index is 14.9. The molecule has 8 aromatic rings. The average molecular weight is 1050 g/mol. The lowest BCUT2D eigenvalue weighted by Gasteiger charge is -2.30. The second-order valence-corrected chi connectivity index (χ2v) is 19.9. The van der Waals surface area contributed by atoms with Crippen LogP contribution in [0.2, 0.25) is 5.28 Å². The summed E-state index contributed by atoms with van der Waals surface area (Å²) in [6.45, 7) is 14.4. The van der Waals surface area contributed by atoms with Gasteiger partial charge in [0.05, 0.1) is 44.4 Å². The highest BCUT2D eigenvalue weighted by atomic mass is 35.5. The van der Waals surface area contributed by atoms with Gasteiger partial charge < -0.3 is 25.0 Å². The number of benzene rings is 2. The third-order valence-corrected chi connectivity index (χ3v) is 14.8. The van der Waals surface area contributed by atoms with Crippen LogP contribution in [0.1, 0.15) is 75.3 Å². The fraction of sp³-hybridized carbons (Fsp3) is 0.418. The maximum atomic E-state index is 14.9. The van der Waals surface area contributed by atoms with E-state index < -0.39 is 23.3 Å². The number of hydrogen-bond acceptors (Lipinski definition) is 13. The standard InChI is InChI=1S/C28H30F2N6O.C14H9ClF2N4.C13H21N3O/c1-2-35-10-7-18(8-11-35)17-37-21-6-5-20(31-15-21)14-26-32-16-24(30)27(33-26)19-12-22-25-4-3-9-36(25)34-28(22)23(29)13-19;15-14-18-6-10(17)12(19-14)7-4-8-11-2-1-3-21(11)20-13(8)9(16)5-7;1-2-16-7-5-11(6-8-16)10-17-12-3-4-13(14)15-9-12/h5-6,12-13,15-16,18H,2-4,7-11,14,17H2,1H3;4-6H,1-3H2;3-4,9,11H,2,5-8,10H2,1H3,(H2,14,15). The first-order valence-corrected chi connectivity index (χ1v) is 26.3. The SMILES string of the molecule is CCN1CCC(COc2ccc(Cc3ncc(F)c(-c4cc(F)c5nn6c(c5c4)CCC6)n3)nc2)CC1.CCN1CCC(COc2ccc(N)nc2)CC1.Fc1cnc(Cl)nc1-c1cc(F)c2nn3c(c2c1)CCC3. The van der Waals surface area contributed by atoms with Gasteiger partial charge in [0.1, 0.15) is 45.6 Å². The Morgan fingerprint density at radius 1 is 0.587 bits per heavy atom. The molecule has 0 bridgehead atoms. The van der Waals surface area contributed by atoms with Gasteiger partial charge in [-0.25, -0.2) is 42.5 Å². The number of halogens is 5. The summed E-state index contributed by atoms with van der Waals surface area (Å²) in [6.07, 6.45) is 14.3. The summed E-state index contributed by atoms with van der Waals surface area (Å²) in [4.78, 5) is 29.5. The number of ether oxygens (including phenoxy) is 2. The van der Waals surface area contributed by atoms with Crippen molar-refractivity contribution in [1.82, 2.24) is 59.3 Å². The van der Waals surface area contributed by atoms with E-state index in [0.29, 0.717) is 64.1 Å². The van der Waals surface area contributed by atoms with Gasteiger partial charge in [0, 0.05) is 52.1 Å². The van der Waals surface area contributed by atoms with Crippen LogP contribution in [0.5, 0.6) is 11.5 Å². The topological polar surface area (TPSA) is 164 Å². The summed E-state index contributed by atoms with van der Waals surface area (Å²) in [7, 11) is 0. The van der Waals surface area contributed by atoms with Gasteiger partial charge in [-0.3, -0.25) is 14.3 Å². The number of piperidine rings is 2. The van der Waals surface area contributed by atoms with E-state index in [0.717, 1.165) is 131 Å². The number of pyridine rings is 2. The van der Waals surface area contributed by atoms with Crippen molar-refractivity contribution in [2.75, 3.05) is 58.2 Å². The van der Waals surface area contributed by atoms with Crippen molar-refractivity contribution in [3.63, 3.8) is 0 Å². The summed E-state index contributed by atoms with van der Waals surface area (Å²) in [5.74, 6) is 1.57. The van der Waals surface area contributed by atoms with E-state index in [4.69, 9.17) is 26.8 Å². The Kier molecular flexibility index (Phi) is 16.1. The smallest absolute Gasteiger partial charge is 0.223 e. The lowest BCUT2D eigenvalue weighted by molar-refractivity contribution is 0.145. The first kappa shape index (κ1) is 51.6. The van der Waals surface area contributed by atoms with Crippen LogP contribution in [0.4, 0.5) is 23.4 Å². The van der Waals surface area contributed by atoms with Gasteiger partial charge in [-0.05, 0) is 163 Å². The van der Waals surface area contributed by atoms with E-state index in [-0.39, 0.29) is 16.7 Å². The second kappa shape index (κ2) is 23.4. The van der Waals surface area contributed by atoms with Crippen LogP contribution in [0.25, 0.3) is 44.3 Å². The van der Waals surface area contributed by atoms with Crippen LogP contribution in [-0.2, 0) is 32.4 Å². The number of nitrogen functional groups attached to an aromatic ring is 1. The predicted octanol–water partition coefficient (Wildman–Crippen LogP) is 9.96. The highest BCUT2D eigenvalue weighted by molar-refractivity contribution is 6.28. The van der Waals surface area contributed by atoms with Gasteiger partial charge in [0.2, 0.25) is 5.28 Å². The van der Waals surface area contributed by atoms with Crippen molar-refractivity contribution in [3.8, 4) is 34.0 Å². The van der Waals surface area contributed by atoms with Crippen molar-refractivity contribution in [2.45, 2.75) is 84.7 Å². The number of nitrogens with zero attached hydrogens (tertiary/aromatic N) is 12. The molecule has 20 heteroatoms. The summed E-state index contributed by atoms with van der Waals surface area (Å²) < 4.78 is 73.1. The Hall–Kier alpha value is -6.83. The third-order valence-electron chi connectivity index (χ3n) is 14.6. The predicted molar refractivity (Wildman–Crippen MR) is 279 cm³/mol. The monoisotopic (exact) mass is 1050 g/mol. The van der Waals surface area contributed by atoms with Crippen LogP contribution in [-0.4, -0.2) is 112 Å². The molecule has 75 heavy (non-hydrogen) atoms. The number of nitrogens with two attached hydrogens (primary N) is 1. The van der Waals surface area contributed by atoms with Crippen LogP contribution < -0.4 is 15.2 Å². The van der Waals surface area contributed by atoms with Crippen molar-refractivity contribution < 1.29 is 27.0 Å². The molecule has 4 aliphatic heterocycles. The normalized spacial score (nSPS) is 16.1. The second-order valence-electron chi connectivity index (χ2n) is 19.5.